The van der Waals surface area contributed by atoms with Gasteiger partial charge in [-0.15, -0.1) is 11.3 Å². The van der Waals surface area contributed by atoms with Crippen molar-refractivity contribution in [1.82, 2.24) is 20.2 Å². The van der Waals surface area contributed by atoms with E-state index in [1.165, 1.54) is 11.1 Å². The summed E-state index contributed by atoms with van der Waals surface area (Å²) in [6.45, 7) is 1.47. The van der Waals surface area contributed by atoms with Gasteiger partial charge in [0, 0.05) is 42.4 Å². The average Bonchev–Trinajstić information content (AvgIpc) is 3.19. The Bertz CT molecular complexity index is 710. The van der Waals surface area contributed by atoms with Crippen LogP contribution in [0.15, 0.2) is 36.1 Å². The number of hydrogen-bond donors (Lipinski definition) is 2. The zero-order valence-corrected chi connectivity index (χ0v) is 15.4. The van der Waals surface area contributed by atoms with E-state index in [0.717, 1.165) is 38.8 Å². The third-order valence-corrected chi connectivity index (χ3v) is 6.41. The summed E-state index contributed by atoms with van der Waals surface area (Å²) in [7, 11) is 0. The van der Waals surface area contributed by atoms with Gasteiger partial charge < -0.3 is 15.3 Å². The van der Waals surface area contributed by atoms with Gasteiger partial charge in [-0.3, -0.25) is 9.78 Å². The predicted octanol–water partition coefficient (Wildman–Crippen LogP) is 2.24. The highest BCUT2D eigenvalue weighted by molar-refractivity contribution is 7.10. The fraction of sp³-hybridized carbons (Fsp3) is 0.526. The Kier molecular flexibility index (Phi) is 5.28. The fourth-order valence-corrected chi connectivity index (χ4v) is 4.77. The van der Waals surface area contributed by atoms with Crippen LogP contribution in [0, 0.1) is 5.92 Å². The van der Waals surface area contributed by atoms with E-state index in [9.17, 15) is 9.90 Å². The van der Waals surface area contributed by atoms with Gasteiger partial charge in [0.25, 0.3) is 5.91 Å². The normalized spacial score (nSPS) is 24.9. The van der Waals surface area contributed by atoms with Gasteiger partial charge in [0.05, 0.1) is 12.3 Å². The van der Waals surface area contributed by atoms with E-state index in [-0.39, 0.29) is 12.0 Å². The lowest BCUT2D eigenvalue weighted by atomic mass is 9.76. The number of carbonyl (C=O) groups excluding carboxylic acids is 1. The Morgan fingerprint density at radius 1 is 1.31 bits per heavy atom. The summed E-state index contributed by atoms with van der Waals surface area (Å²) >= 11 is 1.78. The largest absolute Gasteiger partial charge is 0.393 e. The molecule has 4 rings (SSSR count). The first-order valence-electron chi connectivity index (χ1n) is 9.23. The number of rotatable bonds is 5. The maximum atomic E-state index is 12.5. The first kappa shape index (κ1) is 17.6. The molecule has 1 saturated carbocycles. The Morgan fingerprint density at radius 2 is 2.12 bits per heavy atom. The molecule has 0 spiro atoms. The quantitative estimate of drug-likeness (QED) is 0.842. The topological polar surface area (TPSA) is 78.4 Å². The third-order valence-electron chi connectivity index (χ3n) is 5.45. The Balaban J connectivity index is 1.34. The van der Waals surface area contributed by atoms with Crippen molar-refractivity contribution in [3.63, 3.8) is 0 Å². The molecule has 0 aromatic carbocycles. The van der Waals surface area contributed by atoms with Gasteiger partial charge in [-0.25, -0.2) is 4.98 Å². The number of amides is 1. The minimum Gasteiger partial charge on any atom is -0.393 e. The summed E-state index contributed by atoms with van der Waals surface area (Å²) in [5.74, 6) is 0.469. The van der Waals surface area contributed by atoms with Crippen molar-refractivity contribution in [2.75, 3.05) is 13.1 Å². The molecule has 2 aromatic heterocycles. The Morgan fingerprint density at radius 3 is 2.73 bits per heavy atom. The van der Waals surface area contributed by atoms with Crippen molar-refractivity contribution >= 4 is 17.2 Å². The number of aliphatic hydroxyl groups is 1. The molecule has 0 bridgehead atoms. The van der Waals surface area contributed by atoms with Crippen molar-refractivity contribution in [3.05, 3.63) is 46.7 Å². The van der Waals surface area contributed by atoms with Gasteiger partial charge in [0.15, 0.2) is 0 Å². The van der Waals surface area contributed by atoms with Crippen molar-refractivity contribution < 1.29 is 9.90 Å². The highest BCUT2D eigenvalue weighted by Gasteiger charge is 2.37. The number of aromatic nitrogens is 2. The number of nitrogens with zero attached hydrogens (tertiary/aromatic N) is 3. The molecule has 1 aliphatic heterocycles. The van der Waals surface area contributed by atoms with E-state index in [0.29, 0.717) is 23.7 Å². The maximum Gasteiger partial charge on any atom is 0.274 e. The fourth-order valence-electron chi connectivity index (χ4n) is 3.90. The first-order chi connectivity index (χ1) is 12.7. The SMILES string of the molecule is O=C(c1cnccn1)N1CCC(NC(c2cccs2)C2CC(O)C2)CC1. The minimum absolute atomic E-state index is 0.0338. The lowest BCUT2D eigenvalue weighted by Crippen LogP contribution is -2.48. The second-order valence-corrected chi connectivity index (χ2v) is 8.18. The molecule has 1 atom stereocenters. The highest BCUT2D eigenvalue weighted by Crippen LogP contribution is 2.40. The van der Waals surface area contributed by atoms with Crippen LogP contribution in [0.4, 0.5) is 0 Å². The van der Waals surface area contributed by atoms with Gasteiger partial charge in [-0.05, 0) is 43.0 Å². The van der Waals surface area contributed by atoms with Crippen LogP contribution in [-0.2, 0) is 0 Å². The Hall–Kier alpha value is -1.83. The van der Waals surface area contributed by atoms with Crippen LogP contribution in [0.5, 0.6) is 0 Å². The summed E-state index contributed by atoms with van der Waals surface area (Å²) < 4.78 is 0. The van der Waals surface area contributed by atoms with Crippen LogP contribution in [0.3, 0.4) is 0 Å². The van der Waals surface area contributed by atoms with Gasteiger partial charge in [-0.1, -0.05) is 6.07 Å². The molecule has 138 valence electrons. The standard InChI is InChI=1S/C19H24N4O2S/c24-15-10-13(11-15)18(17-2-1-9-26-17)22-14-3-7-23(8-4-14)19(25)16-12-20-5-6-21-16/h1-2,5-6,9,12-15,18,22,24H,3-4,7-8,10-11H2. The summed E-state index contributed by atoms with van der Waals surface area (Å²) in [5, 5.41) is 15.6. The zero-order valence-electron chi connectivity index (χ0n) is 14.6. The molecule has 0 radical (unpaired) electrons. The van der Waals surface area contributed by atoms with Gasteiger partial charge in [0.2, 0.25) is 0 Å². The molecular formula is C19H24N4O2S. The number of hydrogen-bond acceptors (Lipinski definition) is 6. The van der Waals surface area contributed by atoms with E-state index >= 15 is 0 Å². The van der Waals surface area contributed by atoms with Crippen LogP contribution in [-0.4, -0.2) is 51.1 Å². The summed E-state index contributed by atoms with van der Waals surface area (Å²) in [6, 6.07) is 4.97. The molecular weight excluding hydrogens is 348 g/mol. The molecule has 2 aromatic rings. The molecule has 1 aliphatic carbocycles. The van der Waals surface area contributed by atoms with E-state index in [2.05, 4.69) is 32.8 Å². The van der Waals surface area contributed by atoms with Crippen molar-refractivity contribution in [1.29, 1.82) is 0 Å². The number of aliphatic hydroxyl groups excluding tert-OH is 1. The molecule has 1 saturated heterocycles. The average molecular weight is 372 g/mol. The number of thiophene rings is 1. The van der Waals surface area contributed by atoms with E-state index < -0.39 is 0 Å². The number of carbonyl (C=O) groups is 1. The number of nitrogens with one attached hydrogen (secondary N) is 1. The first-order valence-corrected chi connectivity index (χ1v) is 10.1. The summed E-state index contributed by atoms with van der Waals surface area (Å²) in [4.78, 5) is 23.8. The second-order valence-electron chi connectivity index (χ2n) is 7.20. The van der Waals surface area contributed by atoms with Crippen LogP contribution >= 0.6 is 11.3 Å². The van der Waals surface area contributed by atoms with Gasteiger partial charge in [0.1, 0.15) is 5.69 Å². The molecule has 3 heterocycles. The molecule has 6 nitrogen and oxygen atoms in total. The molecule has 2 N–H and O–H groups in total. The predicted molar refractivity (Wildman–Crippen MR) is 99.9 cm³/mol. The number of piperidine rings is 1. The monoisotopic (exact) mass is 372 g/mol. The summed E-state index contributed by atoms with van der Waals surface area (Å²) in [5.41, 5.74) is 0.416. The lowest BCUT2D eigenvalue weighted by molar-refractivity contribution is 0.0202. The maximum absolute atomic E-state index is 12.5. The van der Waals surface area contributed by atoms with Crippen LogP contribution in [0.2, 0.25) is 0 Å². The van der Waals surface area contributed by atoms with Crippen molar-refractivity contribution in [2.45, 2.75) is 43.9 Å². The third kappa shape index (κ3) is 3.79. The highest BCUT2D eigenvalue weighted by atomic mass is 32.1. The van der Waals surface area contributed by atoms with Crippen molar-refractivity contribution in [3.8, 4) is 0 Å². The zero-order chi connectivity index (χ0) is 17.9. The molecule has 26 heavy (non-hydrogen) atoms. The molecule has 7 heteroatoms. The van der Waals surface area contributed by atoms with Gasteiger partial charge in [-0.2, -0.15) is 0 Å². The number of likely N-dealkylation sites (tertiary alicyclic amines) is 1. The Labute approximate surface area is 157 Å². The van der Waals surface area contributed by atoms with Gasteiger partial charge >= 0.3 is 0 Å². The molecule has 2 fully saturated rings. The van der Waals surface area contributed by atoms with Crippen LogP contribution < -0.4 is 5.32 Å². The smallest absolute Gasteiger partial charge is 0.274 e. The van der Waals surface area contributed by atoms with Crippen LogP contribution in [0.25, 0.3) is 0 Å². The van der Waals surface area contributed by atoms with Crippen LogP contribution in [0.1, 0.15) is 47.1 Å². The van der Waals surface area contributed by atoms with E-state index in [4.69, 9.17) is 0 Å². The lowest BCUT2D eigenvalue weighted by Gasteiger charge is -2.41. The molecule has 1 amide bonds. The molecule has 2 aliphatic rings. The van der Waals surface area contributed by atoms with E-state index in [1.807, 2.05) is 4.90 Å². The molecule has 1 unspecified atom stereocenters. The van der Waals surface area contributed by atoms with E-state index in [1.54, 1.807) is 23.7 Å². The minimum atomic E-state index is -0.143. The second kappa shape index (κ2) is 7.82. The van der Waals surface area contributed by atoms with Crippen molar-refractivity contribution in [2.24, 2.45) is 5.92 Å². The summed E-state index contributed by atoms with van der Waals surface area (Å²) in [6.07, 6.45) is 8.14.